The molecule has 0 radical (unpaired) electrons. The first-order valence-electron chi connectivity index (χ1n) is 7.05. The summed E-state index contributed by atoms with van der Waals surface area (Å²) in [5, 5.41) is 23.2. The lowest BCUT2D eigenvalue weighted by Gasteiger charge is -2.32. The van der Waals surface area contributed by atoms with Crippen molar-refractivity contribution in [3.63, 3.8) is 0 Å². The lowest BCUT2D eigenvalue weighted by Crippen LogP contribution is -2.47. The van der Waals surface area contributed by atoms with Gasteiger partial charge in [-0.1, -0.05) is 18.2 Å². The van der Waals surface area contributed by atoms with Crippen LogP contribution in [0.5, 0.6) is 5.75 Å². The molecule has 0 bridgehead atoms. The van der Waals surface area contributed by atoms with Gasteiger partial charge in [0.2, 0.25) is 0 Å². The summed E-state index contributed by atoms with van der Waals surface area (Å²) >= 11 is 0. The molecule has 1 aromatic rings. The molecule has 5 heteroatoms. The summed E-state index contributed by atoms with van der Waals surface area (Å²) in [7, 11) is 0. The predicted molar refractivity (Wildman–Crippen MR) is 75.8 cm³/mol. The van der Waals surface area contributed by atoms with E-state index in [1.165, 1.54) is 0 Å². The fourth-order valence-corrected chi connectivity index (χ4v) is 2.17. The summed E-state index contributed by atoms with van der Waals surface area (Å²) in [5.41, 5.74) is -0.710. The smallest absolute Gasteiger partial charge is 0.119 e. The lowest BCUT2D eigenvalue weighted by atomic mass is 9.94. The van der Waals surface area contributed by atoms with Crippen molar-refractivity contribution < 1.29 is 19.7 Å². The highest BCUT2D eigenvalue weighted by molar-refractivity contribution is 5.20. The van der Waals surface area contributed by atoms with E-state index in [0.29, 0.717) is 39.1 Å². The van der Waals surface area contributed by atoms with Crippen LogP contribution < -0.4 is 10.1 Å². The van der Waals surface area contributed by atoms with E-state index >= 15 is 0 Å². The molecule has 0 spiro atoms. The van der Waals surface area contributed by atoms with Crippen molar-refractivity contribution in [2.24, 2.45) is 0 Å². The van der Waals surface area contributed by atoms with E-state index in [1.54, 1.807) is 0 Å². The summed E-state index contributed by atoms with van der Waals surface area (Å²) in [6.07, 6.45) is 0.673. The van der Waals surface area contributed by atoms with Gasteiger partial charge in [-0.25, -0.2) is 0 Å². The SMILES string of the molecule is OC(CNCC1(O)CCOCC1)COc1ccccc1. The van der Waals surface area contributed by atoms with Crippen LogP contribution >= 0.6 is 0 Å². The Labute approximate surface area is 119 Å². The second kappa shape index (κ2) is 7.59. The Morgan fingerprint density at radius 1 is 1.25 bits per heavy atom. The van der Waals surface area contributed by atoms with Gasteiger partial charge in [-0.2, -0.15) is 0 Å². The van der Waals surface area contributed by atoms with Gasteiger partial charge in [0.25, 0.3) is 0 Å². The van der Waals surface area contributed by atoms with Crippen molar-refractivity contribution in [2.45, 2.75) is 24.5 Å². The molecule has 0 saturated carbocycles. The lowest BCUT2D eigenvalue weighted by molar-refractivity contribution is -0.0626. The fourth-order valence-electron chi connectivity index (χ4n) is 2.17. The Balaban J connectivity index is 1.61. The first-order valence-corrected chi connectivity index (χ1v) is 7.05. The standard InChI is InChI=1S/C15H23NO4/c17-13(11-20-14-4-2-1-3-5-14)10-16-12-15(18)6-8-19-9-7-15/h1-5,13,16-18H,6-12H2. The average molecular weight is 281 g/mol. The molecule has 0 aliphatic carbocycles. The average Bonchev–Trinajstić information content (AvgIpc) is 2.47. The van der Waals surface area contributed by atoms with Gasteiger partial charge in [0.05, 0.1) is 5.60 Å². The zero-order valence-corrected chi connectivity index (χ0v) is 11.6. The molecule has 1 saturated heterocycles. The maximum Gasteiger partial charge on any atom is 0.119 e. The Morgan fingerprint density at radius 3 is 2.65 bits per heavy atom. The predicted octanol–water partition coefficient (Wildman–Crippen LogP) is 0.557. The highest BCUT2D eigenvalue weighted by Gasteiger charge is 2.29. The van der Waals surface area contributed by atoms with Crippen LogP contribution in [0.15, 0.2) is 30.3 Å². The van der Waals surface area contributed by atoms with Crippen LogP contribution in [0.3, 0.4) is 0 Å². The molecule has 2 rings (SSSR count). The molecule has 3 N–H and O–H groups in total. The Hall–Kier alpha value is -1.14. The molecule has 20 heavy (non-hydrogen) atoms. The van der Waals surface area contributed by atoms with Crippen molar-refractivity contribution in [3.05, 3.63) is 30.3 Å². The zero-order valence-electron chi connectivity index (χ0n) is 11.6. The van der Waals surface area contributed by atoms with Crippen molar-refractivity contribution >= 4 is 0 Å². The van der Waals surface area contributed by atoms with Crippen LogP contribution in [0.25, 0.3) is 0 Å². The van der Waals surface area contributed by atoms with E-state index in [0.717, 1.165) is 5.75 Å². The zero-order chi connectivity index (χ0) is 14.3. The molecule has 1 aliphatic heterocycles. The fraction of sp³-hybridized carbons (Fsp3) is 0.600. The molecule has 1 heterocycles. The van der Waals surface area contributed by atoms with Crippen LogP contribution in [0, 0.1) is 0 Å². The number of nitrogens with one attached hydrogen (secondary N) is 1. The maximum atomic E-state index is 10.2. The van der Waals surface area contributed by atoms with Gasteiger partial charge in [0.15, 0.2) is 0 Å². The van der Waals surface area contributed by atoms with E-state index in [9.17, 15) is 10.2 Å². The minimum absolute atomic E-state index is 0.235. The molecule has 1 unspecified atom stereocenters. The number of ether oxygens (including phenoxy) is 2. The topological polar surface area (TPSA) is 71.0 Å². The van der Waals surface area contributed by atoms with Crippen LogP contribution in [0.1, 0.15) is 12.8 Å². The molecule has 0 aromatic heterocycles. The maximum absolute atomic E-state index is 10.2. The highest BCUT2D eigenvalue weighted by Crippen LogP contribution is 2.19. The van der Waals surface area contributed by atoms with Crippen molar-refractivity contribution in [1.29, 1.82) is 0 Å². The third-order valence-corrected chi connectivity index (χ3v) is 3.44. The number of hydrogen-bond donors (Lipinski definition) is 3. The number of para-hydroxylation sites is 1. The summed E-state index contributed by atoms with van der Waals surface area (Å²) in [4.78, 5) is 0. The van der Waals surface area contributed by atoms with Gasteiger partial charge in [-0.3, -0.25) is 0 Å². The molecule has 1 aromatic carbocycles. The monoisotopic (exact) mass is 281 g/mol. The van der Waals surface area contributed by atoms with Crippen LogP contribution in [-0.2, 0) is 4.74 Å². The number of hydrogen-bond acceptors (Lipinski definition) is 5. The summed E-state index contributed by atoms with van der Waals surface area (Å²) in [5.74, 6) is 0.745. The largest absolute Gasteiger partial charge is 0.491 e. The first kappa shape index (κ1) is 15.3. The molecule has 1 aliphatic rings. The second-order valence-corrected chi connectivity index (χ2v) is 5.25. The van der Waals surface area contributed by atoms with E-state index in [2.05, 4.69) is 5.32 Å². The van der Waals surface area contributed by atoms with Gasteiger partial charge in [0, 0.05) is 39.1 Å². The molecular weight excluding hydrogens is 258 g/mol. The van der Waals surface area contributed by atoms with Gasteiger partial charge in [-0.05, 0) is 12.1 Å². The van der Waals surface area contributed by atoms with Crippen LogP contribution in [0.2, 0.25) is 0 Å². The number of aliphatic hydroxyl groups is 2. The molecule has 112 valence electrons. The van der Waals surface area contributed by atoms with Gasteiger partial charge < -0.3 is 25.0 Å². The molecular formula is C15H23NO4. The minimum atomic E-state index is -0.710. The second-order valence-electron chi connectivity index (χ2n) is 5.25. The van der Waals surface area contributed by atoms with E-state index < -0.39 is 11.7 Å². The summed E-state index contributed by atoms with van der Waals surface area (Å²) in [6, 6.07) is 9.40. The third kappa shape index (κ3) is 5.09. The molecule has 1 fully saturated rings. The van der Waals surface area contributed by atoms with E-state index in [1.807, 2.05) is 30.3 Å². The number of aliphatic hydroxyl groups excluding tert-OH is 1. The number of rotatable bonds is 7. The van der Waals surface area contributed by atoms with E-state index in [4.69, 9.17) is 9.47 Å². The van der Waals surface area contributed by atoms with Crippen molar-refractivity contribution in [1.82, 2.24) is 5.32 Å². The van der Waals surface area contributed by atoms with Gasteiger partial charge in [0.1, 0.15) is 18.5 Å². The Morgan fingerprint density at radius 2 is 1.95 bits per heavy atom. The highest BCUT2D eigenvalue weighted by atomic mass is 16.5. The first-order chi connectivity index (χ1) is 9.68. The molecule has 5 nitrogen and oxygen atoms in total. The van der Waals surface area contributed by atoms with Crippen molar-refractivity contribution in [2.75, 3.05) is 32.9 Å². The Bertz CT molecular complexity index is 379. The molecule has 1 atom stereocenters. The minimum Gasteiger partial charge on any atom is -0.491 e. The van der Waals surface area contributed by atoms with Gasteiger partial charge >= 0.3 is 0 Å². The van der Waals surface area contributed by atoms with Crippen molar-refractivity contribution in [3.8, 4) is 5.75 Å². The quantitative estimate of drug-likeness (QED) is 0.681. The Kier molecular flexibility index (Phi) is 5.79. The van der Waals surface area contributed by atoms with E-state index in [-0.39, 0.29) is 6.61 Å². The molecule has 0 amide bonds. The number of benzene rings is 1. The summed E-state index contributed by atoms with van der Waals surface area (Å²) in [6.45, 7) is 2.29. The summed E-state index contributed by atoms with van der Waals surface area (Å²) < 4.78 is 10.7. The van der Waals surface area contributed by atoms with Gasteiger partial charge in [-0.15, -0.1) is 0 Å². The third-order valence-electron chi connectivity index (χ3n) is 3.44. The van der Waals surface area contributed by atoms with Crippen LogP contribution in [-0.4, -0.2) is 54.8 Å². The van der Waals surface area contributed by atoms with Crippen LogP contribution in [0.4, 0.5) is 0 Å². The normalized spacial score (nSPS) is 19.5.